The summed E-state index contributed by atoms with van der Waals surface area (Å²) < 4.78 is 0. The Bertz CT molecular complexity index is 434. The zero-order valence-electron chi connectivity index (χ0n) is 11.8. The molecule has 3 unspecified atom stereocenters. The van der Waals surface area contributed by atoms with Gasteiger partial charge in [-0.1, -0.05) is 25.2 Å². The normalized spacial score (nSPS) is 27.0. The van der Waals surface area contributed by atoms with Crippen molar-refractivity contribution < 1.29 is 4.79 Å². The average molecular weight is 282 g/mol. The van der Waals surface area contributed by atoms with Crippen molar-refractivity contribution in [3.8, 4) is 0 Å². The molecule has 1 aromatic heterocycles. The molecule has 1 amide bonds. The van der Waals surface area contributed by atoms with Crippen LogP contribution in [0.4, 0.5) is 5.13 Å². The number of hydrogen-bond donors (Lipinski definition) is 2. The summed E-state index contributed by atoms with van der Waals surface area (Å²) in [5, 5.41) is 15.2. The van der Waals surface area contributed by atoms with Gasteiger partial charge in [-0.15, -0.1) is 10.2 Å². The van der Waals surface area contributed by atoms with Crippen molar-refractivity contribution in [2.24, 2.45) is 11.8 Å². The van der Waals surface area contributed by atoms with Crippen LogP contribution in [0.2, 0.25) is 0 Å². The molecule has 3 atom stereocenters. The lowest BCUT2D eigenvalue weighted by Gasteiger charge is -2.32. The van der Waals surface area contributed by atoms with Crippen molar-refractivity contribution in [2.45, 2.75) is 46.1 Å². The van der Waals surface area contributed by atoms with Gasteiger partial charge in [0.05, 0.1) is 0 Å². The van der Waals surface area contributed by atoms with Crippen LogP contribution in [0.3, 0.4) is 0 Å². The van der Waals surface area contributed by atoms with E-state index in [1.807, 2.05) is 6.92 Å². The maximum absolute atomic E-state index is 12.1. The molecule has 0 aromatic carbocycles. The van der Waals surface area contributed by atoms with E-state index in [-0.39, 0.29) is 11.9 Å². The van der Waals surface area contributed by atoms with E-state index in [0.717, 1.165) is 25.3 Å². The fourth-order valence-electron chi connectivity index (χ4n) is 2.46. The average Bonchev–Trinajstić information content (AvgIpc) is 2.83. The van der Waals surface area contributed by atoms with Crippen molar-refractivity contribution in [3.05, 3.63) is 5.01 Å². The van der Waals surface area contributed by atoms with Crippen LogP contribution in [0, 0.1) is 11.8 Å². The molecule has 2 rings (SSSR count). The van der Waals surface area contributed by atoms with Gasteiger partial charge in [-0.05, 0) is 38.0 Å². The van der Waals surface area contributed by atoms with Crippen molar-refractivity contribution in [1.29, 1.82) is 0 Å². The largest absolute Gasteiger partial charge is 0.360 e. The highest BCUT2D eigenvalue weighted by atomic mass is 32.1. The van der Waals surface area contributed by atoms with E-state index in [4.69, 9.17) is 0 Å². The monoisotopic (exact) mass is 282 g/mol. The van der Waals surface area contributed by atoms with Gasteiger partial charge in [-0.3, -0.25) is 4.79 Å². The summed E-state index contributed by atoms with van der Waals surface area (Å²) in [4.78, 5) is 12.1. The second-order valence-corrected chi connectivity index (χ2v) is 6.36. The molecular formula is C13H22N4OS. The molecule has 1 saturated carbocycles. The third-order valence-electron chi connectivity index (χ3n) is 3.88. The number of anilines is 1. The molecule has 19 heavy (non-hydrogen) atoms. The lowest BCUT2D eigenvalue weighted by atomic mass is 9.79. The summed E-state index contributed by atoms with van der Waals surface area (Å²) in [7, 11) is 0. The molecule has 2 N–H and O–H groups in total. The minimum Gasteiger partial charge on any atom is -0.360 e. The van der Waals surface area contributed by atoms with Crippen molar-refractivity contribution in [2.75, 3.05) is 11.9 Å². The van der Waals surface area contributed by atoms with Gasteiger partial charge in [0.2, 0.25) is 10.1 Å². The van der Waals surface area contributed by atoms with Gasteiger partial charge in [0.15, 0.2) is 0 Å². The number of amides is 1. The van der Waals surface area contributed by atoms with Gasteiger partial charge < -0.3 is 10.6 Å². The van der Waals surface area contributed by atoms with Crippen LogP contribution in [-0.2, 0) is 0 Å². The Morgan fingerprint density at radius 3 is 2.79 bits per heavy atom. The predicted molar refractivity (Wildman–Crippen MR) is 77.5 cm³/mol. The minimum atomic E-state index is -0.0894. The van der Waals surface area contributed by atoms with E-state index in [1.165, 1.54) is 17.8 Å². The van der Waals surface area contributed by atoms with E-state index in [0.29, 0.717) is 16.1 Å². The fourth-order valence-corrected chi connectivity index (χ4v) is 3.18. The number of carbonyl (C=O) groups excluding carboxylic acids is 1. The van der Waals surface area contributed by atoms with E-state index >= 15 is 0 Å². The molecule has 5 nitrogen and oxygen atoms in total. The van der Waals surface area contributed by atoms with Crippen LogP contribution in [0.1, 0.15) is 49.8 Å². The molecule has 0 bridgehead atoms. The van der Waals surface area contributed by atoms with E-state index < -0.39 is 0 Å². The molecule has 0 saturated heterocycles. The number of carbonyl (C=O) groups is 1. The molecule has 0 aliphatic heterocycles. The number of hydrogen-bond acceptors (Lipinski definition) is 5. The first-order valence-corrected chi connectivity index (χ1v) is 7.80. The standard InChI is InChI=1S/C13H22N4OS/c1-4-14-13-17-16-12(19-13)11(18)15-10-6-5-8(2)9(3)7-10/h8-10H,4-7H2,1-3H3,(H,14,17)(H,15,18). The predicted octanol–water partition coefficient (Wildman–Crippen LogP) is 2.52. The van der Waals surface area contributed by atoms with Crippen LogP contribution in [-0.4, -0.2) is 28.7 Å². The zero-order valence-corrected chi connectivity index (χ0v) is 12.6. The quantitative estimate of drug-likeness (QED) is 0.890. The first kappa shape index (κ1) is 14.2. The van der Waals surface area contributed by atoms with Crippen LogP contribution in [0.15, 0.2) is 0 Å². The van der Waals surface area contributed by atoms with Gasteiger partial charge in [0.25, 0.3) is 5.91 Å². The number of aromatic nitrogens is 2. The number of nitrogens with zero attached hydrogens (tertiary/aromatic N) is 2. The summed E-state index contributed by atoms with van der Waals surface area (Å²) in [6.45, 7) is 7.33. The molecular weight excluding hydrogens is 260 g/mol. The van der Waals surface area contributed by atoms with E-state index in [2.05, 4.69) is 34.7 Å². The summed E-state index contributed by atoms with van der Waals surface area (Å²) in [5.41, 5.74) is 0. The van der Waals surface area contributed by atoms with Gasteiger partial charge in [0.1, 0.15) is 0 Å². The Labute approximate surface area is 118 Å². The topological polar surface area (TPSA) is 66.9 Å². The van der Waals surface area contributed by atoms with Crippen LogP contribution in [0.5, 0.6) is 0 Å². The fraction of sp³-hybridized carbons (Fsp3) is 0.769. The second-order valence-electron chi connectivity index (χ2n) is 5.38. The molecule has 1 fully saturated rings. The summed E-state index contributed by atoms with van der Waals surface area (Å²) >= 11 is 1.31. The third kappa shape index (κ3) is 3.65. The van der Waals surface area contributed by atoms with Crippen LogP contribution < -0.4 is 10.6 Å². The Kier molecular flexibility index (Phi) is 4.74. The summed E-state index contributed by atoms with van der Waals surface area (Å²) in [5.74, 6) is 1.34. The summed E-state index contributed by atoms with van der Waals surface area (Å²) in [6, 6.07) is 0.283. The molecule has 0 spiro atoms. The second kappa shape index (κ2) is 6.32. The molecule has 1 aromatic rings. The minimum absolute atomic E-state index is 0.0894. The molecule has 1 heterocycles. The Hall–Kier alpha value is -1.17. The summed E-state index contributed by atoms with van der Waals surface area (Å²) in [6.07, 6.45) is 3.31. The third-order valence-corrected chi connectivity index (χ3v) is 4.76. The van der Waals surface area contributed by atoms with Crippen molar-refractivity contribution in [1.82, 2.24) is 15.5 Å². The highest BCUT2D eigenvalue weighted by Gasteiger charge is 2.26. The Morgan fingerprint density at radius 1 is 1.32 bits per heavy atom. The lowest BCUT2D eigenvalue weighted by Crippen LogP contribution is -2.39. The molecule has 0 radical (unpaired) electrons. The van der Waals surface area contributed by atoms with Crippen LogP contribution >= 0.6 is 11.3 Å². The molecule has 6 heteroatoms. The maximum Gasteiger partial charge on any atom is 0.282 e. The molecule has 106 valence electrons. The van der Waals surface area contributed by atoms with Gasteiger partial charge in [-0.25, -0.2) is 0 Å². The van der Waals surface area contributed by atoms with Crippen molar-refractivity contribution >= 4 is 22.4 Å². The SMILES string of the molecule is CCNc1nnc(C(=O)NC2CCC(C)C(C)C2)s1. The Morgan fingerprint density at radius 2 is 2.11 bits per heavy atom. The van der Waals surface area contributed by atoms with E-state index in [9.17, 15) is 4.79 Å². The van der Waals surface area contributed by atoms with Gasteiger partial charge in [0, 0.05) is 12.6 Å². The number of nitrogens with one attached hydrogen (secondary N) is 2. The molecule has 1 aliphatic carbocycles. The first-order chi connectivity index (χ1) is 9.10. The Balaban J connectivity index is 1.89. The van der Waals surface area contributed by atoms with Gasteiger partial charge >= 0.3 is 0 Å². The first-order valence-electron chi connectivity index (χ1n) is 6.98. The van der Waals surface area contributed by atoms with E-state index in [1.54, 1.807) is 0 Å². The smallest absolute Gasteiger partial charge is 0.282 e. The molecule has 1 aliphatic rings. The maximum atomic E-state index is 12.1. The van der Waals surface area contributed by atoms with Crippen LogP contribution in [0.25, 0.3) is 0 Å². The highest BCUT2D eigenvalue weighted by molar-refractivity contribution is 7.17. The zero-order chi connectivity index (χ0) is 13.8. The highest BCUT2D eigenvalue weighted by Crippen LogP contribution is 2.29. The number of rotatable bonds is 4. The van der Waals surface area contributed by atoms with Crippen molar-refractivity contribution in [3.63, 3.8) is 0 Å². The van der Waals surface area contributed by atoms with Gasteiger partial charge in [-0.2, -0.15) is 0 Å². The lowest BCUT2D eigenvalue weighted by molar-refractivity contribution is 0.0909.